The normalized spacial score (nSPS) is 10.7. The lowest BCUT2D eigenvalue weighted by atomic mass is 10.1. The number of halogens is 1. The topological polar surface area (TPSA) is 64.0 Å². The molecule has 0 saturated carbocycles. The summed E-state index contributed by atoms with van der Waals surface area (Å²) in [6.07, 6.45) is 0. The fourth-order valence-electron chi connectivity index (χ4n) is 2.42. The molecular formula is C17H14BrN3O2. The highest BCUT2D eigenvalue weighted by atomic mass is 79.9. The van der Waals surface area contributed by atoms with Crippen LogP contribution < -0.4 is 10.9 Å². The van der Waals surface area contributed by atoms with Crippen LogP contribution in [0.1, 0.15) is 16.1 Å². The molecule has 0 aliphatic rings. The minimum Gasteiger partial charge on any atom is -0.320 e. The molecule has 0 atom stereocenters. The molecule has 0 spiro atoms. The largest absolute Gasteiger partial charge is 0.320 e. The highest BCUT2D eigenvalue weighted by molar-refractivity contribution is 9.10. The summed E-state index contributed by atoms with van der Waals surface area (Å²) < 4.78 is 2.13. The first-order chi connectivity index (χ1) is 11.0. The van der Waals surface area contributed by atoms with Gasteiger partial charge in [-0.05, 0) is 36.8 Å². The fraction of sp³-hybridized carbons (Fsp3) is 0.118. The molecule has 0 fully saturated rings. The summed E-state index contributed by atoms with van der Waals surface area (Å²) in [7, 11) is 1.54. The van der Waals surface area contributed by atoms with Crippen molar-refractivity contribution in [1.29, 1.82) is 0 Å². The summed E-state index contributed by atoms with van der Waals surface area (Å²) in [4.78, 5) is 24.7. The van der Waals surface area contributed by atoms with E-state index < -0.39 is 0 Å². The number of hydrogen-bond donors (Lipinski definition) is 1. The second-order valence-electron chi connectivity index (χ2n) is 5.24. The molecule has 0 aliphatic heterocycles. The van der Waals surface area contributed by atoms with Crippen molar-refractivity contribution in [2.24, 2.45) is 7.05 Å². The van der Waals surface area contributed by atoms with Crippen molar-refractivity contribution in [3.63, 3.8) is 0 Å². The zero-order valence-electron chi connectivity index (χ0n) is 12.6. The molecule has 1 aromatic heterocycles. The van der Waals surface area contributed by atoms with Gasteiger partial charge in [0.25, 0.3) is 11.5 Å². The summed E-state index contributed by atoms with van der Waals surface area (Å²) >= 11 is 3.39. The number of aryl methyl sites for hydroxylation is 2. The van der Waals surface area contributed by atoms with E-state index in [1.54, 1.807) is 24.3 Å². The van der Waals surface area contributed by atoms with Crippen molar-refractivity contribution in [1.82, 2.24) is 9.78 Å². The van der Waals surface area contributed by atoms with Crippen molar-refractivity contribution < 1.29 is 4.79 Å². The van der Waals surface area contributed by atoms with Crippen molar-refractivity contribution in [2.75, 3.05) is 5.32 Å². The first kappa shape index (κ1) is 15.4. The number of carbonyl (C=O) groups excluding carboxylic acids is 1. The predicted molar refractivity (Wildman–Crippen MR) is 93.8 cm³/mol. The summed E-state index contributed by atoms with van der Waals surface area (Å²) in [5, 5.41) is 8.00. The van der Waals surface area contributed by atoms with Gasteiger partial charge >= 0.3 is 0 Å². The van der Waals surface area contributed by atoms with Crippen LogP contribution in [-0.4, -0.2) is 15.7 Å². The Balaban J connectivity index is 2.08. The number of aromatic nitrogens is 2. The number of anilines is 1. The van der Waals surface area contributed by atoms with E-state index in [4.69, 9.17) is 0 Å². The van der Waals surface area contributed by atoms with Crippen LogP contribution in [0, 0.1) is 6.92 Å². The van der Waals surface area contributed by atoms with Gasteiger partial charge in [0.2, 0.25) is 0 Å². The number of nitrogens with zero attached hydrogens (tertiary/aromatic N) is 2. The Morgan fingerprint density at radius 2 is 1.87 bits per heavy atom. The molecule has 5 nitrogen and oxygen atoms in total. The first-order valence-corrected chi connectivity index (χ1v) is 7.80. The number of benzene rings is 2. The second-order valence-corrected chi connectivity index (χ2v) is 6.15. The summed E-state index contributed by atoms with van der Waals surface area (Å²) in [6.45, 7) is 1.91. The van der Waals surface area contributed by atoms with Gasteiger partial charge in [-0.1, -0.05) is 34.1 Å². The molecule has 0 aliphatic carbocycles. The van der Waals surface area contributed by atoms with Gasteiger partial charge in [0.15, 0.2) is 5.69 Å². The van der Waals surface area contributed by atoms with Crippen LogP contribution in [0.5, 0.6) is 0 Å². The molecule has 0 saturated heterocycles. The van der Waals surface area contributed by atoms with Crippen LogP contribution in [0.4, 0.5) is 5.69 Å². The number of nitrogens with one attached hydrogen (secondary N) is 1. The van der Waals surface area contributed by atoms with Crippen LogP contribution in [-0.2, 0) is 7.05 Å². The van der Waals surface area contributed by atoms with Crippen LogP contribution in [0.25, 0.3) is 10.8 Å². The molecule has 1 amide bonds. The average Bonchev–Trinajstić information content (AvgIpc) is 2.53. The van der Waals surface area contributed by atoms with E-state index in [1.807, 2.05) is 25.1 Å². The monoisotopic (exact) mass is 371 g/mol. The Morgan fingerprint density at radius 3 is 2.57 bits per heavy atom. The van der Waals surface area contributed by atoms with E-state index in [0.29, 0.717) is 16.5 Å². The van der Waals surface area contributed by atoms with Gasteiger partial charge in [-0.2, -0.15) is 5.10 Å². The van der Waals surface area contributed by atoms with Crippen molar-refractivity contribution >= 4 is 38.3 Å². The van der Waals surface area contributed by atoms with Crippen LogP contribution in [0.2, 0.25) is 0 Å². The minimum atomic E-state index is -0.345. The Morgan fingerprint density at radius 1 is 1.17 bits per heavy atom. The van der Waals surface area contributed by atoms with Gasteiger partial charge < -0.3 is 5.32 Å². The maximum atomic E-state index is 12.6. The van der Waals surface area contributed by atoms with Gasteiger partial charge in [-0.3, -0.25) is 9.59 Å². The molecule has 0 radical (unpaired) electrons. The molecule has 0 unspecified atom stereocenters. The second kappa shape index (κ2) is 5.96. The lowest BCUT2D eigenvalue weighted by Crippen LogP contribution is -2.25. The number of rotatable bonds is 2. The maximum Gasteiger partial charge on any atom is 0.276 e. The van der Waals surface area contributed by atoms with E-state index >= 15 is 0 Å². The van der Waals surface area contributed by atoms with Crippen molar-refractivity contribution in [2.45, 2.75) is 6.92 Å². The molecule has 3 aromatic rings. The van der Waals surface area contributed by atoms with Crippen molar-refractivity contribution in [3.05, 3.63) is 68.5 Å². The fourth-order valence-corrected chi connectivity index (χ4v) is 2.89. The highest BCUT2D eigenvalue weighted by Crippen LogP contribution is 2.21. The molecule has 3 rings (SSSR count). The molecule has 1 heterocycles. The molecule has 116 valence electrons. The van der Waals surface area contributed by atoms with E-state index in [1.165, 1.54) is 11.7 Å². The summed E-state index contributed by atoms with van der Waals surface area (Å²) in [6, 6.07) is 12.6. The number of hydrogen-bond acceptors (Lipinski definition) is 3. The average molecular weight is 372 g/mol. The van der Waals surface area contributed by atoms with Gasteiger partial charge in [0.05, 0.1) is 5.39 Å². The lowest BCUT2D eigenvalue weighted by molar-refractivity contribution is 0.102. The smallest absolute Gasteiger partial charge is 0.276 e. The molecule has 0 bridgehead atoms. The van der Waals surface area contributed by atoms with Crippen LogP contribution in [0.15, 0.2) is 51.7 Å². The van der Waals surface area contributed by atoms with Gasteiger partial charge in [-0.15, -0.1) is 0 Å². The maximum absolute atomic E-state index is 12.6. The van der Waals surface area contributed by atoms with Crippen LogP contribution >= 0.6 is 15.9 Å². The number of carbonyl (C=O) groups is 1. The zero-order chi connectivity index (χ0) is 16.6. The summed E-state index contributed by atoms with van der Waals surface area (Å²) in [5.74, 6) is -0.345. The Hall–Kier alpha value is -2.47. The number of fused-ring (bicyclic) bond motifs is 1. The van der Waals surface area contributed by atoms with Gasteiger partial charge in [0, 0.05) is 22.6 Å². The van der Waals surface area contributed by atoms with E-state index in [-0.39, 0.29) is 17.2 Å². The molecule has 1 N–H and O–H groups in total. The summed E-state index contributed by atoms with van der Waals surface area (Å²) in [5.41, 5.74) is 1.64. The molecule has 23 heavy (non-hydrogen) atoms. The van der Waals surface area contributed by atoms with E-state index in [0.717, 1.165) is 10.0 Å². The quantitative estimate of drug-likeness (QED) is 0.751. The number of amides is 1. The van der Waals surface area contributed by atoms with Gasteiger partial charge in [0.1, 0.15) is 0 Å². The van der Waals surface area contributed by atoms with Gasteiger partial charge in [-0.25, -0.2) is 4.68 Å². The Bertz CT molecular complexity index is 979. The third-order valence-corrected chi connectivity index (χ3v) is 4.10. The molecule has 2 aromatic carbocycles. The highest BCUT2D eigenvalue weighted by Gasteiger charge is 2.16. The minimum absolute atomic E-state index is 0.225. The Kier molecular flexibility index (Phi) is 4.00. The van der Waals surface area contributed by atoms with Crippen molar-refractivity contribution in [3.8, 4) is 0 Å². The van der Waals surface area contributed by atoms with E-state index in [9.17, 15) is 9.59 Å². The predicted octanol–water partition coefficient (Wildman–Crippen LogP) is 3.26. The van der Waals surface area contributed by atoms with E-state index in [2.05, 4.69) is 26.3 Å². The third kappa shape index (κ3) is 2.90. The van der Waals surface area contributed by atoms with Crippen LogP contribution in [0.3, 0.4) is 0 Å². The molecular weight excluding hydrogens is 358 g/mol. The zero-order valence-corrected chi connectivity index (χ0v) is 14.2. The standard InChI is InChI=1S/C17H14BrN3O2/c1-10-9-11(18)7-8-14(10)19-16(22)15-12-5-3-4-6-13(12)17(23)21(2)20-15/h3-9H,1-2H3,(H,19,22). The third-order valence-electron chi connectivity index (χ3n) is 3.61. The Labute approximate surface area is 141 Å². The SMILES string of the molecule is Cc1cc(Br)ccc1NC(=O)c1nn(C)c(=O)c2ccccc12. The first-order valence-electron chi connectivity index (χ1n) is 7.01. The lowest BCUT2D eigenvalue weighted by Gasteiger charge is -2.11. The molecule has 6 heteroatoms.